The monoisotopic (exact) mass is 652 g/mol. The second-order valence-electron chi connectivity index (χ2n) is 13.2. The average Bonchev–Trinajstić information content (AvgIpc) is 3.73. The van der Waals surface area contributed by atoms with Gasteiger partial charge in [0.15, 0.2) is 0 Å². The van der Waals surface area contributed by atoms with Crippen LogP contribution in [0.25, 0.3) is 108 Å². The molecule has 9 aromatic carbocycles. The zero-order valence-corrected chi connectivity index (χ0v) is 27.8. The fourth-order valence-corrected chi connectivity index (χ4v) is 9.52. The van der Waals surface area contributed by atoms with Gasteiger partial charge >= 0.3 is 0 Å². The summed E-state index contributed by atoms with van der Waals surface area (Å²) < 4.78 is 9.41. The summed E-state index contributed by atoms with van der Waals surface area (Å²) in [5.74, 6) is 0. The normalized spacial score (nSPS) is 12.0. The molecule has 1 nitrogen and oxygen atoms in total. The van der Waals surface area contributed by atoms with Crippen LogP contribution in [-0.4, -0.2) is 0 Å². The summed E-state index contributed by atoms with van der Waals surface area (Å²) in [6.07, 6.45) is 0. The molecular weight excluding hydrogens is 625 g/mol. The van der Waals surface area contributed by atoms with Gasteiger partial charge in [-0.2, -0.15) is 0 Å². The molecule has 11 aromatic rings. The van der Waals surface area contributed by atoms with Crippen molar-refractivity contribution >= 4 is 85.8 Å². The topological polar surface area (TPSA) is 13.1 Å². The summed E-state index contributed by atoms with van der Waals surface area (Å²) in [5, 5.41) is 12.4. The van der Waals surface area contributed by atoms with Crippen LogP contribution >= 0.6 is 11.3 Å². The molecule has 0 spiro atoms. The van der Waals surface area contributed by atoms with Crippen LogP contribution in [0.5, 0.6) is 0 Å². The van der Waals surface area contributed by atoms with Crippen LogP contribution in [-0.2, 0) is 0 Å². The standard InChI is InChI=1S/C48H28OS/c1-2-12-29(13-3-1)45-37-17-6-8-19-39(37)46(40-20-9-7-18-38(40)45)31-22-24-34-35-25-23-32(28-43(35)49-42(34)27-31)47-33-15-5-4-14-30(33)26-41-36-16-10-11-21-44(36)50-48(41)47/h1-28H. The highest BCUT2D eigenvalue weighted by Gasteiger charge is 2.19. The van der Waals surface area contributed by atoms with E-state index in [0.29, 0.717) is 0 Å². The van der Waals surface area contributed by atoms with Crippen LogP contribution in [0.2, 0.25) is 0 Å². The number of fused-ring (bicyclic) bond motifs is 9. The lowest BCUT2D eigenvalue weighted by molar-refractivity contribution is 0.669. The van der Waals surface area contributed by atoms with Crippen molar-refractivity contribution in [1.29, 1.82) is 0 Å². The molecule has 50 heavy (non-hydrogen) atoms. The first kappa shape index (κ1) is 27.7. The summed E-state index contributed by atoms with van der Waals surface area (Å²) in [5.41, 5.74) is 9.17. The Bertz CT molecular complexity index is 3090. The van der Waals surface area contributed by atoms with Gasteiger partial charge in [-0.15, -0.1) is 11.3 Å². The highest BCUT2D eigenvalue weighted by Crippen LogP contribution is 2.47. The Kier molecular flexibility index (Phi) is 5.89. The smallest absolute Gasteiger partial charge is 0.136 e. The predicted octanol–water partition coefficient (Wildman–Crippen LogP) is 14.4. The van der Waals surface area contributed by atoms with Crippen LogP contribution in [0, 0.1) is 0 Å². The molecule has 11 rings (SSSR count). The van der Waals surface area contributed by atoms with Crippen molar-refractivity contribution in [2.24, 2.45) is 0 Å². The third-order valence-corrected chi connectivity index (χ3v) is 11.6. The maximum Gasteiger partial charge on any atom is 0.136 e. The molecule has 0 unspecified atom stereocenters. The molecule has 0 saturated carbocycles. The Hall–Kier alpha value is -6.22. The summed E-state index contributed by atoms with van der Waals surface area (Å²) in [6, 6.07) is 61.8. The van der Waals surface area contributed by atoms with E-state index in [4.69, 9.17) is 4.42 Å². The van der Waals surface area contributed by atoms with Crippen molar-refractivity contribution in [2.75, 3.05) is 0 Å². The fraction of sp³-hybridized carbons (Fsp3) is 0. The lowest BCUT2D eigenvalue weighted by atomic mass is 9.86. The van der Waals surface area contributed by atoms with Gasteiger partial charge in [-0.25, -0.2) is 0 Å². The van der Waals surface area contributed by atoms with Crippen molar-refractivity contribution in [3.05, 3.63) is 170 Å². The Morgan fingerprint density at radius 3 is 1.46 bits per heavy atom. The zero-order valence-electron chi connectivity index (χ0n) is 27.0. The molecule has 232 valence electrons. The molecule has 0 amide bonds. The minimum Gasteiger partial charge on any atom is -0.456 e. The van der Waals surface area contributed by atoms with Gasteiger partial charge in [0.25, 0.3) is 0 Å². The molecule has 0 bridgehead atoms. The number of hydrogen-bond donors (Lipinski definition) is 0. The van der Waals surface area contributed by atoms with Gasteiger partial charge in [-0.3, -0.25) is 0 Å². The van der Waals surface area contributed by atoms with Crippen molar-refractivity contribution in [3.63, 3.8) is 0 Å². The molecule has 2 heteroatoms. The van der Waals surface area contributed by atoms with Crippen LogP contribution in [0.4, 0.5) is 0 Å². The largest absolute Gasteiger partial charge is 0.456 e. The van der Waals surface area contributed by atoms with Crippen LogP contribution in [0.15, 0.2) is 174 Å². The van der Waals surface area contributed by atoms with Gasteiger partial charge < -0.3 is 4.42 Å². The third kappa shape index (κ3) is 4.00. The first-order valence-corrected chi connectivity index (χ1v) is 17.9. The van der Waals surface area contributed by atoms with Crippen molar-refractivity contribution < 1.29 is 4.42 Å². The number of furan rings is 1. The second kappa shape index (κ2) is 10.6. The second-order valence-corrected chi connectivity index (χ2v) is 14.2. The maximum atomic E-state index is 6.78. The van der Waals surface area contributed by atoms with E-state index in [-0.39, 0.29) is 0 Å². The highest BCUT2D eigenvalue weighted by molar-refractivity contribution is 7.26. The van der Waals surface area contributed by atoms with E-state index in [0.717, 1.165) is 27.5 Å². The Morgan fingerprint density at radius 1 is 0.320 bits per heavy atom. The molecule has 0 radical (unpaired) electrons. The Labute approximate surface area is 292 Å². The lowest BCUT2D eigenvalue weighted by Gasteiger charge is -2.17. The fourth-order valence-electron chi connectivity index (χ4n) is 8.25. The highest BCUT2D eigenvalue weighted by atomic mass is 32.1. The summed E-state index contributed by atoms with van der Waals surface area (Å²) in [6.45, 7) is 0. The van der Waals surface area contributed by atoms with Crippen LogP contribution in [0.1, 0.15) is 0 Å². The molecule has 0 aliphatic rings. The summed E-state index contributed by atoms with van der Waals surface area (Å²) in [7, 11) is 0. The van der Waals surface area contributed by atoms with Crippen LogP contribution in [0.3, 0.4) is 0 Å². The lowest BCUT2D eigenvalue weighted by Crippen LogP contribution is -1.90. The van der Waals surface area contributed by atoms with Gasteiger partial charge in [-0.05, 0) is 96.5 Å². The first-order valence-electron chi connectivity index (χ1n) is 17.1. The van der Waals surface area contributed by atoms with Gasteiger partial charge in [-0.1, -0.05) is 133 Å². The Balaban J connectivity index is 1.14. The molecule has 2 heterocycles. The van der Waals surface area contributed by atoms with Gasteiger partial charge in [0.1, 0.15) is 11.2 Å². The molecule has 0 aliphatic carbocycles. The first-order chi connectivity index (χ1) is 24.8. The molecule has 0 aliphatic heterocycles. The van der Waals surface area contributed by atoms with Crippen LogP contribution < -0.4 is 0 Å². The molecule has 0 saturated heterocycles. The number of benzene rings is 9. The van der Waals surface area contributed by atoms with Crippen molar-refractivity contribution in [1.82, 2.24) is 0 Å². The van der Waals surface area contributed by atoms with E-state index < -0.39 is 0 Å². The van der Waals surface area contributed by atoms with E-state index in [2.05, 4.69) is 170 Å². The molecule has 0 N–H and O–H groups in total. The summed E-state index contributed by atoms with van der Waals surface area (Å²) >= 11 is 1.88. The third-order valence-electron chi connectivity index (χ3n) is 10.4. The van der Waals surface area contributed by atoms with Crippen molar-refractivity contribution in [2.45, 2.75) is 0 Å². The number of rotatable bonds is 3. The predicted molar refractivity (Wildman–Crippen MR) is 215 cm³/mol. The number of hydrogen-bond acceptors (Lipinski definition) is 2. The molecule has 2 aromatic heterocycles. The Morgan fingerprint density at radius 2 is 0.820 bits per heavy atom. The minimum absolute atomic E-state index is 0.903. The van der Waals surface area contributed by atoms with E-state index in [1.807, 2.05) is 11.3 Å². The van der Waals surface area contributed by atoms with Crippen molar-refractivity contribution in [3.8, 4) is 33.4 Å². The molecule has 0 atom stereocenters. The molecule has 0 fully saturated rings. The summed E-state index contributed by atoms with van der Waals surface area (Å²) in [4.78, 5) is 0. The van der Waals surface area contributed by atoms with Gasteiger partial charge in [0.05, 0.1) is 0 Å². The quantitative estimate of drug-likeness (QED) is 0.173. The van der Waals surface area contributed by atoms with E-state index in [9.17, 15) is 0 Å². The number of thiophene rings is 1. The van der Waals surface area contributed by atoms with E-state index in [1.54, 1.807) is 0 Å². The van der Waals surface area contributed by atoms with Gasteiger partial charge in [0.2, 0.25) is 0 Å². The van der Waals surface area contributed by atoms with E-state index in [1.165, 1.54) is 80.3 Å². The average molecular weight is 653 g/mol. The minimum atomic E-state index is 0.903. The molecular formula is C48H28OS. The maximum absolute atomic E-state index is 6.78. The zero-order chi connectivity index (χ0) is 32.8. The van der Waals surface area contributed by atoms with E-state index >= 15 is 0 Å². The SMILES string of the molecule is c1ccc(-c2c3ccccc3c(-c3ccc4c(c3)oc3cc(-c5c6ccccc6cc6c5sc5ccccc56)ccc34)c3ccccc23)cc1. The van der Waals surface area contributed by atoms with Gasteiger partial charge in [0, 0.05) is 36.5 Å².